The van der Waals surface area contributed by atoms with E-state index < -0.39 is 18.1 Å². The topological polar surface area (TPSA) is 12.9 Å². The maximum Gasteiger partial charge on any atom is 0.280 e. The van der Waals surface area contributed by atoms with Crippen LogP contribution in [-0.2, 0) is 5.88 Å². The van der Waals surface area contributed by atoms with Crippen molar-refractivity contribution < 1.29 is 13.2 Å². The molecule has 0 amide bonds. The molecule has 0 aromatic carbocycles. The summed E-state index contributed by atoms with van der Waals surface area (Å²) in [6, 6.07) is 1.06. The molecule has 1 aromatic rings. The minimum absolute atomic E-state index is 0.00495. The van der Waals surface area contributed by atoms with Gasteiger partial charge in [0, 0.05) is 5.88 Å². The lowest BCUT2D eigenvalue weighted by Crippen LogP contribution is -2.01. The highest BCUT2D eigenvalue weighted by atomic mass is 35.5. The first-order valence-corrected chi connectivity index (χ1v) is 4.09. The Labute approximate surface area is 78.5 Å². The van der Waals surface area contributed by atoms with Crippen LogP contribution in [-0.4, -0.2) is 4.98 Å². The molecule has 0 aliphatic rings. The number of halogens is 4. The predicted molar refractivity (Wildman–Crippen MR) is 43.4 cm³/mol. The first kappa shape index (κ1) is 10.3. The zero-order valence-electron chi connectivity index (χ0n) is 6.82. The molecule has 0 saturated heterocycles. The van der Waals surface area contributed by atoms with E-state index in [1.807, 2.05) is 0 Å². The second kappa shape index (κ2) is 3.96. The van der Waals surface area contributed by atoms with E-state index in [4.69, 9.17) is 11.6 Å². The molecule has 0 N–H and O–H groups in total. The fourth-order valence-electron chi connectivity index (χ4n) is 0.999. The molecular weight excluding hydrogens is 203 g/mol. The van der Waals surface area contributed by atoms with Gasteiger partial charge in [0.25, 0.3) is 6.43 Å². The maximum absolute atomic E-state index is 12.7. The molecule has 0 fully saturated rings. The molecule has 0 saturated carbocycles. The average Bonchev–Trinajstić information content (AvgIpc) is 2.08. The summed E-state index contributed by atoms with van der Waals surface area (Å²) >= 11 is 5.44. The number of pyridine rings is 1. The van der Waals surface area contributed by atoms with Crippen molar-refractivity contribution in [2.45, 2.75) is 19.2 Å². The van der Waals surface area contributed by atoms with Crippen LogP contribution in [0.4, 0.5) is 13.2 Å². The fourth-order valence-corrected chi connectivity index (χ4v) is 1.28. The zero-order valence-corrected chi connectivity index (χ0v) is 7.58. The third-order valence-electron chi connectivity index (χ3n) is 1.74. The molecule has 0 radical (unpaired) electrons. The van der Waals surface area contributed by atoms with E-state index in [1.165, 1.54) is 6.92 Å². The van der Waals surface area contributed by atoms with Crippen molar-refractivity contribution in [3.63, 3.8) is 0 Å². The van der Waals surface area contributed by atoms with Crippen molar-refractivity contribution >= 4 is 11.6 Å². The monoisotopic (exact) mass is 209 g/mol. The Bertz CT molecular complexity index is 315. The summed E-state index contributed by atoms with van der Waals surface area (Å²) < 4.78 is 37.2. The molecule has 1 rings (SSSR count). The summed E-state index contributed by atoms with van der Waals surface area (Å²) in [7, 11) is 0. The Morgan fingerprint density at radius 2 is 2.15 bits per heavy atom. The van der Waals surface area contributed by atoms with Crippen LogP contribution >= 0.6 is 11.6 Å². The Kier molecular flexibility index (Phi) is 3.14. The van der Waals surface area contributed by atoms with Crippen molar-refractivity contribution in [1.82, 2.24) is 4.98 Å². The lowest BCUT2D eigenvalue weighted by Gasteiger charge is -2.07. The highest BCUT2D eigenvalue weighted by Crippen LogP contribution is 2.24. The summed E-state index contributed by atoms with van der Waals surface area (Å²) in [5, 5.41) is 0. The Balaban J connectivity index is 3.27. The number of rotatable bonds is 2. The molecule has 0 spiro atoms. The van der Waals surface area contributed by atoms with Crippen molar-refractivity contribution in [3.8, 4) is 0 Å². The Morgan fingerprint density at radius 3 is 2.62 bits per heavy atom. The number of nitrogens with zero attached hydrogens (tertiary/aromatic N) is 1. The third kappa shape index (κ3) is 2.12. The lowest BCUT2D eigenvalue weighted by atomic mass is 10.1. The minimum atomic E-state index is -2.77. The van der Waals surface area contributed by atoms with Gasteiger partial charge in [-0.3, -0.25) is 0 Å². The molecule has 1 aromatic heterocycles. The fraction of sp³-hybridized carbons (Fsp3) is 0.375. The van der Waals surface area contributed by atoms with Crippen LogP contribution in [0, 0.1) is 12.9 Å². The van der Waals surface area contributed by atoms with Gasteiger partial charge in [0.05, 0.1) is 0 Å². The molecule has 0 unspecified atom stereocenters. The quantitative estimate of drug-likeness (QED) is 0.538. The van der Waals surface area contributed by atoms with Gasteiger partial charge in [0.15, 0.2) is 0 Å². The summed E-state index contributed by atoms with van der Waals surface area (Å²) in [6.07, 6.45) is -2.77. The molecule has 1 heterocycles. The van der Waals surface area contributed by atoms with Crippen LogP contribution in [0.25, 0.3) is 0 Å². The first-order chi connectivity index (χ1) is 6.06. The Morgan fingerprint density at radius 1 is 1.54 bits per heavy atom. The standard InChI is InChI=1S/C8H7ClF3N/c1-4-5(3-9)2-6(10)13-7(4)8(11)12/h2,8H,3H2,1H3. The van der Waals surface area contributed by atoms with E-state index in [1.54, 1.807) is 0 Å². The molecule has 0 atom stereocenters. The van der Waals surface area contributed by atoms with Gasteiger partial charge in [0.2, 0.25) is 5.95 Å². The van der Waals surface area contributed by atoms with E-state index in [0.717, 1.165) is 6.07 Å². The van der Waals surface area contributed by atoms with Crippen molar-refractivity contribution in [2.75, 3.05) is 0 Å². The van der Waals surface area contributed by atoms with Gasteiger partial charge >= 0.3 is 0 Å². The van der Waals surface area contributed by atoms with E-state index >= 15 is 0 Å². The highest BCUT2D eigenvalue weighted by molar-refractivity contribution is 6.17. The molecule has 0 aliphatic heterocycles. The van der Waals surface area contributed by atoms with Gasteiger partial charge in [-0.25, -0.2) is 13.8 Å². The highest BCUT2D eigenvalue weighted by Gasteiger charge is 2.16. The predicted octanol–water partition coefficient (Wildman–Crippen LogP) is 3.21. The van der Waals surface area contributed by atoms with Crippen LogP contribution in [0.3, 0.4) is 0 Å². The van der Waals surface area contributed by atoms with E-state index in [-0.39, 0.29) is 11.4 Å². The minimum Gasteiger partial charge on any atom is -0.218 e. The van der Waals surface area contributed by atoms with Crippen molar-refractivity contribution in [1.29, 1.82) is 0 Å². The molecule has 13 heavy (non-hydrogen) atoms. The SMILES string of the molecule is Cc1c(CCl)cc(F)nc1C(F)F. The molecule has 5 heteroatoms. The van der Waals surface area contributed by atoms with Crippen LogP contribution in [0.5, 0.6) is 0 Å². The largest absolute Gasteiger partial charge is 0.280 e. The van der Waals surface area contributed by atoms with Crippen molar-refractivity contribution in [3.05, 3.63) is 28.8 Å². The normalized spacial score (nSPS) is 10.9. The van der Waals surface area contributed by atoms with E-state index in [0.29, 0.717) is 5.56 Å². The Hall–Kier alpha value is -0.770. The average molecular weight is 210 g/mol. The van der Waals surface area contributed by atoms with Crippen molar-refractivity contribution in [2.24, 2.45) is 0 Å². The molecule has 1 nitrogen and oxygen atoms in total. The number of aromatic nitrogens is 1. The number of hydrogen-bond donors (Lipinski definition) is 0. The maximum atomic E-state index is 12.7. The smallest absolute Gasteiger partial charge is 0.218 e. The third-order valence-corrected chi connectivity index (χ3v) is 2.03. The summed E-state index contributed by atoms with van der Waals surface area (Å²) in [6.45, 7) is 1.45. The first-order valence-electron chi connectivity index (χ1n) is 3.56. The summed E-state index contributed by atoms with van der Waals surface area (Å²) in [5.41, 5.74) is 0.0755. The van der Waals surface area contributed by atoms with Gasteiger partial charge in [0.1, 0.15) is 5.69 Å². The van der Waals surface area contributed by atoms with E-state index in [9.17, 15) is 13.2 Å². The second-order valence-electron chi connectivity index (χ2n) is 2.55. The summed E-state index contributed by atoms with van der Waals surface area (Å²) in [4.78, 5) is 3.11. The van der Waals surface area contributed by atoms with Gasteiger partial charge in [-0.2, -0.15) is 4.39 Å². The molecular formula is C8H7ClF3N. The van der Waals surface area contributed by atoms with Gasteiger partial charge < -0.3 is 0 Å². The molecule has 0 bridgehead atoms. The van der Waals surface area contributed by atoms with Crippen LogP contribution in [0.15, 0.2) is 6.07 Å². The lowest BCUT2D eigenvalue weighted by molar-refractivity contribution is 0.144. The number of alkyl halides is 3. The van der Waals surface area contributed by atoms with Crippen LogP contribution < -0.4 is 0 Å². The zero-order chi connectivity index (χ0) is 10.0. The van der Waals surface area contributed by atoms with Gasteiger partial charge in [-0.1, -0.05) is 0 Å². The molecule has 0 aliphatic carbocycles. The van der Waals surface area contributed by atoms with E-state index in [2.05, 4.69) is 4.98 Å². The summed E-state index contributed by atoms with van der Waals surface area (Å²) in [5.74, 6) is -0.915. The van der Waals surface area contributed by atoms with Crippen LogP contribution in [0.2, 0.25) is 0 Å². The second-order valence-corrected chi connectivity index (χ2v) is 2.82. The van der Waals surface area contributed by atoms with Crippen LogP contribution in [0.1, 0.15) is 23.2 Å². The van der Waals surface area contributed by atoms with Gasteiger partial charge in [-0.15, -0.1) is 11.6 Å². The number of hydrogen-bond acceptors (Lipinski definition) is 1. The molecule has 72 valence electrons. The van der Waals surface area contributed by atoms with Gasteiger partial charge in [-0.05, 0) is 24.1 Å².